The molecule has 0 bridgehead atoms. The summed E-state index contributed by atoms with van der Waals surface area (Å²) in [5.41, 5.74) is 2.39. The molecular formula is C29H36F2O2. The molecule has 2 nitrogen and oxygen atoms in total. The van der Waals surface area contributed by atoms with Crippen LogP contribution in [0.3, 0.4) is 0 Å². The molecule has 0 saturated heterocycles. The van der Waals surface area contributed by atoms with E-state index < -0.39 is 11.6 Å². The third-order valence-electron chi connectivity index (χ3n) is 10.2. The molecule has 1 aromatic carbocycles. The number of hydrogen-bond donors (Lipinski definition) is 0. The number of ketones is 2. The lowest BCUT2D eigenvalue weighted by Gasteiger charge is -2.58. The Morgan fingerprint density at radius 3 is 2.67 bits per heavy atom. The number of carbonyl (C=O) groups is 2. The molecule has 178 valence electrons. The summed E-state index contributed by atoms with van der Waals surface area (Å²) in [5.74, 6) is 1.000. The van der Waals surface area contributed by atoms with Gasteiger partial charge in [-0.2, -0.15) is 0 Å². The van der Waals surface area contributed by atoms with Crippen LogP contribution < -0.4 is 0 Å². The maximum atomic E-state index is 13.7. The normalized spacial score (nSPS) is 37.7. The molecule has 0 spiro atoms. The Bertz CT molecular complexity index is 997. The van der Waals surface area contributed by atoms with Gasteiger partial charge in [-0.15, -0.1) is 0 Å². The van der Waals surface area contributed by atoms with Crippen LogP contribution in [-0.2, 0) is 16.0 Å². The van der Waals surface area contributed by atoms with Crippen molar-refractivity contribution >= 4 is 11.6 Å². The number of carbonyl (C=O) groups excluding carboxylic acids is 2. The first-order valence-corrected chi connectivity index (χ1v) is 12.9. The zero-order valence-electron chi connectivity index (χ0n) is 20.0. The molecule has 0 radical (unpaired) electrons. The van der Waals surface area contributed by atoms with Crippen LogP contribution >= 0.6 is 0 Å². The van der Waals surface area contributed by atoms with Crippen molar-refractivity contribution in [2.24, 2.45) is 34.5 Å². The van der Waals surface area contributed by atoms with Crippen LogP contribution in [0.4, 0.5) is 8.78 Å². The monoisotopic (exact) mass is 454 g/mol. The van der Waals surface area contributed by atoms with E-state index in [1.54, 1.807) is 13.0 Å². The number of Topliss-reactive ketones (excluding diaryl/α,β-unsaturated/α-hetero) is 2. The second kappa shape index (κ2) is 8.43. The molecule has 6 atom stereocenters. The highest BCUT2D eigenvalue weighted by Crippen LogP contribution is 2.67. The number of hydrogen-bond acceptors (Lipinski definition) is 2. The molecule has 4 heteroatoms. The summed E-state index contributed by atoms with van der Waals surface area (Å²) in [6, 6.07) is 4.21. The Balaban J connectivity index is 1.39. The molecule has 4 aliphatic carbocycles. The number of allylic oxidation sites excluding steroid dienone is 2. The van der Waals surface area contributed by atoms with Gasteiger partial charge < -0.3 is 0 Å². The van der Waals surface area contributed by atoms with E-state index in [1.165, 1.54) is 17.7 Å². The Labute approximate surface area is 196 Å². The zero-order valence-corrected chi connectivity index (χ0v) is 20.0. The van der Waals surface area contributed by atoms with Gasteiger partial charge in [-0.1, -0.05) is 24.6 Å². The number of halogens is 2. The van der Waals surface area contributed by atoms with E-state index in [-0.39, 0.29) is 16.7 Å². The molecule has 0 heterocycles. The predicted octanol–water partition coefficient (Wildman–Crippen LogP) is 7.00. The fourth-order valence-corrected chi connectivity index (χ4v) is 8.70. The van der Waals surface area contributed by atoms with Gasteiger partial charge in [-0.05, 0) is 111 Å². The molecule has 0 N–H and O–H groups in total. The average Bonchev–Trinajstić information content (AvgIpc) is 3.16. The highest BCUT2D eigenvalue weighted by atomic mass is 19.2. The second-order valence-corrected chi connectivity index (χ2v) is 11.6. The third-order valence-corrected chi connectivity index (χ3v) is 10.2. The van der Waals surface area contributed by atoms with Crippen molar-refractivity contribution in [2.75, 3.05) is 0 Å². The summed E-state index contributed by atoms with van der Waals surface area (Å²) in [5, 5.41) is 0. The highest BCUT2D eigenvalue weighted by molar-refractivity contribution is 5.82. The van der Waals surface area contributed by atoms with Gasteiger partial charge in [0.2, 0.25) is 0 Å². The molecule has 0 unspecified atom stereocenters. The molecule has 0 amide bonds. The predicted molar refractivity (Wildman–Crippen MR) is 125 cm³/mol. The van der Waals surface area contributed by atoms with Crippen molar-refractivity contribution in [3.8, 4) is 0 Å². The molecule has 5 rings (SSSR count). The lowest BCUT2D eigenvalue weighted by molar-refractivity contribution is -0.130. The van der Waals surface area contributed by atoms with Gasteiger partial charge in [-0.25, -0.2) is 8.78 Å². The highest BCUT2D eigenvalue weighted by Gasteiger charge is 2.60. The first kappa shape index (κ1) is 22.9. The van der Waals surface area contributed by atoms with Gasteiger partial charge in [0.25, 0.3) is 0 Å². The molecule has 3 saturated carbocycles. The van der Waals surface area contributed by atoms with Gasteiger partial charge in [0.05, 0.1) is 0 Å². The minimum absolute atomic E-state index is 0.0394. The first-order chi connectivity index (χ1) is 15.7. The van der Waals surface area contributed by atoms with E-state index in [9.17, 15) is 18.4 Å². The molecule has 3 fully saturated rings. The van der Waals surface area contributed by atoms with Crippen molar-refractivity contribution in [1.29, 1.82) is 0 Å². The van der Waals surface area contributed by atoms with Gasteiger partial charge in [0, 0.05) is 18.8 Å². The van der Waals surface area contributed by atoms with Gasteiger partial charge in [-0.3, -0.25) is 9.59 Å². The summed E-state index contributed by atoms with van der Waals surface area (Å²) < 4.78 is 27.0. The van der Waals surface area contributed by atoms with Gasteiger partial charge >= 0.3 is 0 Å². The third kappa shape index (κ3) is 3.72. The lowest BCUT2D eigenvalue weighted by atomic mass is 9.46. The van der Waals surface area contributed by atoms with Crippen molar-refractivity contribution in [3.63, 3.8) is 0 Å². The van der Waals surface area contributed by atoms with E-state index in [2.05, 4.69) is 13.0 Å². The van der Waals surface area contributed by atoms with Crippen LogP contribution in [0.2, 0.25) is 0 Å². The van der Waals surface area contributed by atoms with Crippen LogP contribution in [0.5, 0.6) is 0 Å². The van der Waals surface area contributed by atoms with Crippen molar-refractivity contribution in [3.05, 3.63) is 47.0 Å². The summed E-state index contributed by atoms with van der Waals surface area (Å²) in [7, 11) is 0. The fourth-order valence-electron chi connectivity index (χ4n) is 8.70. The molecule has 1 aromatic rings. The number of fused-ring (bicyclic) bond motifs is 5. The summed E-state index contributed by atoms with van der Waals surface area (Å²) in [4.78, 5) is 24.9. The van der Waals surface area contributed by atoms with E-state index in [0.29, 0.717) is 48.6 Å². The van der Waals surface area contributed by atoms with Gasteiger partial charge in [0.1, 0.15) is 11.6 Å². The molecular weight excluding hydrogens is 418 g/mol. The van der Waals surface area contributed by atoms with E-state index in [1.807, 2.05) is 0 Å². The largest absolute Gasteiger partial charge is 0.300 e. The SMILES string of the molecule is CC(=O)[C@H]1CC[C@H]2[C@@H]3CC=C4CC(=O)CC[C@@]4(C)[C@@H]3CC[C@]12CCCc1ccc(F)c(F)c1. The number of rotatable bonds is 5. The molecule has 33 heavy (non-hydrogen) atoms. The molecule has 4 aliphatic rings. The van der Waals surface area contributed by atoms with Crippen LogP contribution in [0.15, 0.2) is 29.8 Å². The average molecular weight is 455 g/mol. The second-order valence-electron chi connectivity index (χ2n) is 11.6. The molecule has 0 aromatic heterocycles. The van der Waals surface area contributed by atoms with Gasteiger partial charge in [0.15, 0.2) is 11.6 Å². The summed E-state index contributed by atoms with van der Waals surface area (Å²) in [6.07, 6.45) is 12.7. The smallest absolute Gasteiger partial charge is 0.159 e. The maximum Gasteiger partial charge on any atom is 0.159 e. The lowest BCUT2D eigenvalue weighted by Crippen LogP contribution is -2.51. The minimum Gasteiger partial charge on any atom is -0.300 e. The van der Waals surface area contributed by atoms with Crippen molar-refractivity contribution < 1.29 is 18.4 Å². The fraction of sp³-hybridized carbons (Fsp3) is 0.655. The van der Waals surface area contributed by atoms with Crippen LogP contribution in [0.1, 0.15) is 83.6 Å². The topological polar surface area (TPSA) is 34.1 Å². The summed E-state index contributed by atoms with van der Waals surface area (Å²) in [6.45, 7) is 4.17. The number of aryl methyl sites for hydroxylation is 1. The van der Waals surface area contributed by atoms with Crippen molar-refractivity contribution in [2.45, 2.75) is 84.5 Å². The number of benzene rings is 1. The van der Waals surface area contributed by atoms with E-state index >= 15 is 0 Å². The quantitative estimate of drug-likeness (QED) is 0.449. The van der Waals surface area contributed by atoms with Crippen LogP contribution in [-0.4, -0.2) is 11.6 Å². The van der Waals surface area contributed by atoms with Crippen LogP contribution in [0.25, 0.3) is 0 Å². The minimum atomic E-state index is -0.800. The van der Waals surface area contributed by atoms with Crippen LogP contribution in [0, 0.1) is 46.1 Å². The Morgan fingerprint density at radius 1 is 1.09 bits per heavy atom. The maximum absolute atomic E-state index is 13.7. The molecule has 0 aliphatic heterocycles. The van der Waals surface area contributed by atoms with E-state index in [0.717, 1.165) is 56.9 Å². The zero-order chi connectivity index (χ0) is 23.4. The first-order valence-electron chi connectivity index (χ1n) is 12.9. The standard InChI is InChI=1S/C29H36F2O2/c1-18(32)23-8-9-25-22-7-6-20-17-21(33)11-14-28(20,2)24(22)12-15-29(23,25)13-3-4-19-5-10-26(30)27(31)16-19/h5-6,10,16,22-25H,3-4,7-9,11-15,17H2,1-2H3/t22-,23-,24-,25+,28-,29-/m1/s1. The van der Waals surface area contributed by atoms with E-state index in [4.69, 9.17) is 0 Å². The summed E-state index contributed by atoms with van der Waals surface area (Å²) >= 11 is 0. The van der Waals surface area contributed by atoms with Crippen molar-refractivity contribution in [1.82, 2.24) is 0 Å². The Hall–Kier alpha value is -1.84. The Kier molecular flexibility index (Phi) is 5.86. The Morgan fingerprint density at radius 2 is 1.91 bits per heavy atom.